The molecule has 1 fully saturated rings. The number of likely N-dealkylation sites (tertiary alicyclic amines) is 1. The summed E-state index contributed by atoms with van der Waals surface area (Å²) in [6.45, 7) is 6.74. The van der Waals surface area contributed by atoms with E-state index in [9.17, 15) is 9.59 Å². The fourth-order valence-corrected chi connectivity index (χ4v) is 2.11. The molecule has 20 heavy (non-hydrogen) atoms. The Kier molecular flexibility index (Phi) is 4.45. The molecule has 1 aromatic heterocycles. The summed E-state index contributed by atoms with van der Waals surface area (Å²) in [6.07, 6.45) is 5.23. The Hall–Kier alpha value is -2.24. The van der Waals surface area contributed by atoms with Crippen LogP contribution >= 0.6 is 0 Å². The molecule has 1 aromatic rings. The second-order valence-corrected chi connectivity index (χ2v) is 4.86. The van der Waals surface area contributed by atoms with Gasteiger partial charge in [-0.25, -0.2) is 0 Å². The molecule has 0 bridgehead atoms. The first-order valence-corrected chi connectivity index (χ1v) is 6.54. The molecular weight excluding hydrogens is 256 g/mol. The minimum absolute atomic E-state index is 0.000164. The van der Waals surface area contributed by atoms with Gasteiger partial charge in [-0.2, -0.15) is 0 Å². The zero-order valence-electron chi connectivity index (χ0n) is 11.5. The van der Waals surface area contributed by atoms with Gasteiger partial charge in [0.15, 0.2) is 0 Å². The van der Waals surface area contributed by atoms with Crippen molar-refractivity contribution in [3.8, 4) is 0 Å². The van der Waals surface area contributed by atoms with Gasteiger partial charge in [0.1, 0.15) is 0 Å². The van der Waals surface area contributed by atoms with Gasteiger partial charge in [0.2, 0.25) is 11.8 Å². The van der Waals surface area contributed by atoms with Crippen LogP contribution in [0.1, 0.15) is 17.8 Å². The average Bonchev–Trinajstić information content (AvgIpc) is 2.80. The second-order valence-electron chi connectivity index (χ2n) is 4.86. The van der Waals surface area contributed by atoms with Crippen LogP contribution in [0.4, 0.5) is 0 Å². The van der Waals surface area contributed by atoms with Crippen molar-refractivity contribution in [3.05, 3.63) is 36.4 Å². The van der Waals surface area contributed by atoms with Crippen LogP contribution < -0.4 is 5.32 Å². The predicted octanol–water partition coefficient (Wildman–Crippen LogP) is 0.436. The largest absolute Gasteiger partial charge is 0.350 e. The lowest BCUT2D eigenvalue weighted by Gasteiger charge is -2.13. The number of hydrogen-bond acceptors (Lipinski definition) is 4. The van der Waals surface area contributed by atoms with Crippen LogP contribution in [0, 0.1) is 12.8 Å². The van der Waals surface area contributed by atoms with Gasteiger partial charge in [-0.15, -0.1) is 6.58 Å². The Balaban J connectivity index is 1.85. The Labute approximate surface area is 117 Å². The predicted molar refractivity (Wildman–Crippen MR) is 73.5 cm³/mol. The monoisotopic (exact) mass is 274 g/mol. The van der Waals surface area contributed by atoms with Gasteiger partial charge < -0.3 is 10.2 Å². The van der Waals surface area contributed by atoms with Crippen LogP contribution in [0.5, 0.6) is 0 Å². The highest BCUT2D eigenvalue weighted by Gasteiger charge is 2.33. The Morgan fingerprint density at radius 1 is 1.55 bits per heavy atom. The fraction of sp³-hybridized carbons (Fsp3) is 0.429. The number of hydrogen-bond donors (Lipinski definition) is 1. The van der Waals surface area contributed by atoms with E-state index >= 15 is 0 Å². The van der Waals surface area contributed by atoms with E-state index in [0.29, 0.717) is 25.3 Å². The molecule has 2 amide bonds. The standard InChI is InChI=1S/C14H18N4O2/c1-3-4-18-9-11(5-13(18)19)14(20)17-8-12-7-15-10(2)6-16-12/h3,6-7,11H,1,4-5,8-9H2,2H3,(H,17,20). The summed E-state index contributed by atoms with van der Waals surface area (Å²) < 4.78 is 0. The van der Waals surface area contributed by atoms with Crippen LogP contribution in [0.2, 0.25) is 0 Å². The molecule has 106 valence electrons. The maximum atomic E-state index is 12.0. The van der Waals surface area contributed by atoms with Crippen LogP contribution in [0.15, 0.2) is 25.0 Å². The van der Waals surface area contributed by atoms with E-state index in [0.717, 1.165) is 5.69 Å². The van der Waals surface area contributed by atoms with Gasteiger partial charge >= 0.3 is 0 Å². The fourth-order valence-electron chi connectivity index (χ4n) is 2.11. The van der Waals surface area contributed by atoms with E-state index < -0.39 is 0 Å². The van der Waals surface area contributed by atoms with E-state index in [2.05, 4.69) is 21.9 Å². The van der Waals surface area contributed by atoms with Crippen LogP contribution in [0.25, 0.3) is 0 Å². The highest BCUT2D eigenvalue weighted by atomic mass is 16.2. The van der Waals surface area contributed by atoms with Crippen LogP contribution in [-0.4, -0.2) is 39.8 Å². The molecule has 1 aliphatic rings. The number of aryl methyl sites for hydroxylation is 1. The number of nitrogens with zero attached hydrogens (tertiary/aromatic N) is 3. The Morgan fingerprint density at radius 3 is 3.00 bits per heavy atom. The van der Waals surface area contributed by atoms with Gasteiger partial charge in [0.05, 0.1) is 30.0 Å². The lowest BCUT2D eigenvalue weighted by molar-refractivity contribution is -0.128. The smallest absolute Gasteiger partial charge is 0.225 e. The highest BCUT2D eigenvalue weighted by Crippen LogP contribution is 2.17. The molecule has 1 atom stereocenters. The molecule has 1 N–H and O–H groups in total. The molecule has 1 saturated heterocycles. The molecule has 0 aliphatic carbocycles. The maximum Gasteiger partial charge on any atom is 0.225 e. The molecular formula is C14H18N4O2. The molecule has 6 nitrogen and oxygen atoms in total. The number of amides is 2. The van der Waals surface area contributed by atoms with Gasteiger partial charge in [-0.1, -0.05) is 6.08 Å². The SMILES string of the molecule is C=CCN1CC(C(=O)NCc2cnc(C)cn2)CC1=O. The molecule has 0 aromatic carbocycles. The molecule has 0 saturated carbocycles. The number of rotatable bonds is 5. The van der Waals surface area contributed by atoms with Gasteiger partial charge in [-0.05, 0) is 6.92 Å². The van der Waals surface area contributed by atoms with E-state index in [-0.39, 0.29) is 24.2 Å². The zero-order valence-corrected chi connectivity index (χ0v) is 11.5. The number of nitrogens with one attached hydrogen (secondary N) is 1. The maximum absolute atomic E-state index is 12.0. The number of carbonyl (C=O) groups excluding carboxylic acids is 2. The van der Waals surface area contributed by atoms with Gasteiger partial charge in [0.25, 0.3) is 0 Å². The lowest BCUT2D eigenvalue weighted by atomic mass is 10.1. The van der Waals surface area contributed by atoms with Crippen molar-refractivity contribution in [1.82, 2.24) is 20.2 Å². The Bertz CT molecular complexity index is 512. The van der Waals surface area contributed by atoms with Crippen molar-refractivity contribution in [3.63, 3.8) is 0 Å². The first-order chi connectivity index (χ1) is 9.60. The van der Waals surface area contributed by atoms with Crippen molar-refractivity contribution < 1.29 is 9.59 Å². The van der Waals surface area contributed by atoms with Crippen LogP contribution in [0.3, 0.4) is 0 Å². The number of aromatic nitrogens is 2. The van der Waals surface area contributed by atoms with Crippen molar-refractivity contribution in [2.75, 3.05) is 13.1 Å². The van der Waals surface area contributed by atoms with Crippen molar-refractivity contribution >= 4 is 11.8 Å². The molecule has 6 heteroatoms. The molecule has 1 aliphatic heterocycles. The third kappa shape index (κ3) is 3.40. The van der Waals surface area contributed by atoms with Gasteiger partial charge in [-0.3, -0.25) is 19.6 Å². The summed E-state index contributed by atoms with van der Waals surface area (Å²) >= 11 is 0. The Morgan fingerprint density at radius 2 is 2.35 bits per heavy atom. The van der Waals surface area contributed by atoms with Crippen molar-refractivity contribution in [1.29, 1.82) is 0 Å². The molecule has 0 radical (unpaired) electrons. The third-order valence-corrected chi connectivity index (χ3v) is 3.21. The highest BCUT2D eigenvalue weighted by molar-refractivity contribution is 5.89. The average molecular weight is 274 g/mol. The summed E-state index contributed by atoms with van der Waals surface area (Å²) in [6, 6.07) is 0. The van der Waals surface area contributed by atoms with Crippen molar-refractivity contribution in [2.45, 2.75) is 19.9 Å². The summed E-state index contributed by atoms with van der Waals surface area (Å²) in [5, 5.41) is 2.80. The van der Waals surface area contributed by atoms with E-state index in [1.54, 1.807) is 23.4 Å². The second kappa shape index (κ2) is 6.27. The number of carbonyl (C=O) groups is 2. The normalized spacial score (nSPS) is 18.1. The quantitative estimate of drug-likeness (QED) is 0.790. The summed E-state index contributed by atoms with van der Waals surface area (Å²) in [5.74, 6) is -0.409. The molecule has 2 heterocycles. The van der Waals surface area contributed by atoms with E-state index in [1.807, 2.05) is 6.92 Å². The van der Waals surface area contributed by atoms with E-state index in [4.69, 9.17) is 0 Å². The van der Waals surface area contributed by atoms with Crippen LogP contribution in [-0.2, 0) is 16.1 Å². The third-order valence-electron chi connectivity index (χ3n) is 3.21. The summed E-state index contributed by atoms with van der Waals surface area (Å²) in [5.41, 5.74) is 1.54. The topological polar surface area (TPSA) is 75.2 Å². The minimum atomic E-state index is -0.291. The lowest BCUT2D eigenvalue weighted by Crippen LogP contribution is -2.32. The van der Waals surface area contributed by atoms with Gasteiger partial charge in [0, 0.05) is 25.7 Å². The van der Waals surface area contributed by atoms with E-state index in [1.165, 1.54) is 0 Å². The summed E-state index contributed by atoms with van der Waals surface area (Å²) in [4.78, 5) is 33.6. The molecule has 0 spiro atoms. The zero-order chi connectivity index (χ0) is 14.5. The first-order valence-electron chi connectivity index (χ1n) is 6.54. The summed E-state index contributed by atoms with van der Waals surface area (Å²) in [7, 11) is 0. The first kappa shape index (κ1) is 14.2. The minimum Gasteiger partial charge on any atom is -0.350 e. The molecule has 1 unspecified atom stereocenters. The van der Waals surface area contributed by atoms with Crippen molar-refractivity contribution in [2.24, 2.45) is 5.92 Å². The molecule has 2 rings (SSSR count).